The summed E-state index contributed by atoms with van der Waals surface area (Å²) in [5, 5.41) is 2.06. The molecule has 2 rings (SSSR count). The second-order valence-corrected chi connectivity index (χ2v) is 4.96. The minimum Gasteiger partial charge on any atom is -0.466 e. The highest BCUT2D eigenvalue weighted by atomic mass is 32.1. The lowest BCUT2D eigenvalue weighted by Crippen LogP contribution is -2.05. The van der Waals surface area contributed by atoms with Gasteiger partial charge in [-0.2, -0.15) is 0 Å². The summed E-state index contributed by atoms with van der Waals surface area (Å²) >= 11 is 3.37. The molecule has 0 amide bonds. The summed E-state index contributed by atoms with van der Waals surface area (Å²) in [6, 6.07) is 4.15. The highest BCUT2D eigenvalue weighted by molar-refractivity contribution is 7.26. The van der Waals surface area contributed by atoms with Gasteiger partial charge in [-0.15, -0.1) is 22.7 Å². The second-order valence-electron chi connectivity index (χ2n) is 2.84. The van der Waals surface area contributed by atoms with E-state index < -0.39 is 0 Å². The molecule has 0 unspecified atom stereocenters. The van der Waals surface area contributed by atoms with E-state index in [4.69, 9.17) is 4.74 Å². The Kier molecular flexibility index (Phi) is 2.84. The molecule has 2 aromatic rings. The molecule has 74 valence electrons. The molecule has 0 fully saturated rings. The molecule has 0 spiro atoms. The third-order valence-electron chi connectivity index (χ3n) is 1.81. The van der Waals surface area contributed by atoms with E-state index in [9.17, 15) is 4.79 Å². The smallest absolute Gasteiger partial charge is 0.311 e. The Morgan fingerprint density at radius 1 is 1.50 bits per heavy atom. The molecule has 14 heavy (non-hydrogen) atoms. The van der Waals surface area contributed by atoms with Crippen LogP contribution in [0, 0.1) is 0 Å². The maximum absolute atomic E-state index is 11.2. The van der Waals surface area contributed by atoms with Crippen LogP contribution < -0.4 is 0 Å². The van der Waals surface area contributed by atoms with Gasteiger partial charge in [0, 0.05) is 14.3 Å². The van der Waals surface area contributed by atoms with Crippen LogP contribution in [0.5, 0.6) is 0 Å². The van der Waals surface area contributed by atoms with Crippen molar-refractivity contribution in [3.05, 3.63) is 22.4 Å². The van der Waals surface area contributed by atoms with E-state index in [-0.39, 0.29) is 5.97 Å². The van der Waals surface area contributed by atoms with Crippen molar-refractivity contribution in [3.8, 4) is 0 Å². The first-order chi connectivity index (χ1) is 6.79. The minimum atomic E-state index is -0.138. The van der Waals surface area contributed by atoms with Crippen LogP contribution in [-0.2, 0) is 16.0 Å². The fourth-order valence-electron chi connectivity index (χ4n) is 1.26. The molecule has 0 N–H and O–H groups in total. The standard InChI is InChI=1S/C10H10O2S2/c1-2-12-10(11)6-7-5-9-8(14-7)3-4-13-9/h3-5H,2,6H2,1H3. The van der Waals surface area contributed by atoms with E-state index in [1.54, 1.807) is 22.7 Å². The van der Waals surface area contributed by atoms with Gasteiger partial charge in [-0.1, -0.05) is 0 Å². The Hall–Kier alpha value is -0.870. The molecule has 0 aromatic carbocycles. The lowest BCUT2D eigenvalue weighted by atomic mass is 10.3. The van der Waals surface area contributed by atoms with Gasteiger partial charge in [-0.25, -0.2) is 0 Å². The van der Waals surface area contributed by atoms with Crippen molar-refractivity contribution >= 4 is 38.0 Å². The zero-order chi connectivity index (χ0) is 9.97. The lowest BCUT2D eigenvalue weighted by molar-refractivity contribution is -0.142. The summed E-state index contributed by atoms with van der Waals surface area (Å²) < 4.78 is 7.41. The topological polar surface area (TPSA) is 26.3 Å². The fraction of sp³-hybridized carbons (Fsp3) is 0.300. The van der Waals surface area contributed by atoms with Crippen molar-refractivity contribution in [2.24, 2.45) is 0 Å². The zero-order valence-corrected chi connectivity index (χ0v) is 9.41. The third kappa shape index (κ3) is 1.96. The number of carbonyl (C=O) groups is 1. The summed E-state index contributed by atoms with van der Waals surface area (Å²) in [7, 11) is 0. The van der Waals surface area contributed by atoms with Crippen molar-refractivity contribution in [1.29, 1.82) is 0 Å². The number of rotatable bonds is 3. The molecular weight excluding hydrogens is 216 g/mol. The lowest BCUT2D eigenvalue weighted by Gasteiger charge is -1.97. The Bertz CT molecular complexity index is 413. The van der Waals surface area contributed by atoms with Gasteiger partial charge in [0.15, 0.2) is 0 Å². The molecule has 0 aliphatic heterocycles. The summed E-state index contributed by atoms with van der Waals surface area (Å²) in [4.78, 5) is 12.3. The average molecular weight is 226 g/mol. The largest absolute Gasteiger partial charge is 0.466 e. The molecule has 0 saturated carbocycles. The number of hydrogen-bond donors (Lipinski definition) is 0. The highest BCUT2D eigenvalue weighted by Crippen LogP contribution is 2.30. The normalized spacial score (nSPS) is 10.6. The zero-order valence-electron chi connectivity index (χ0n) is 7.78. The number of esters is 1. The van der Waals surface area contributed by atoms with Crippen molar-refractivity contribution in [2.45, 2.75) is 13.3 Å². The molecule has 2 aromatic heterocycles. The monoisotopic (exact) mass is 226 g/mol. The SMILES string of the molecule is CCOC(=O)Cc1cc2sccc2s1. The first-order valence-corrected chi connectivity index (χ1v) is 6.10. The van der Waals surface area contributed by atoms with Gasteiger partial charge in [-0.05, 0) is 24.4 Å². The van der Waals surface area contributed by atoms with Crippen LogP contribution in [0.15, 0.2) is 17.5 Å². The van der Waals surface area contributed by atoms with Crippen LogP contribution in [0.3, 0.4) is 0 Å². The predicted molar refractivity (Wildman–Crippen MR) is 60.0 cm³/mol. The van der Waals surface area contributed by atoms with Gasteiger partial charge in [0.05, 0.1) is 13.0 Å². The van der Waals surface area contributed by atoms with E-state index in [1.807, 2.05) is 6.92 Å². The first-order valence-electron chi connectivity index (χ1n) is 4.41. The maximum atomic E-state index is 11.2. The number of carbonyl (C=O) groups excluding carboxylic acids is 1. The van der Waals surface area contributed by atoms with Gasteiger partial charge >= 0.3 is 5.97 Å². The molecule has 0 aliphatic carbocycles. The maximum Gasteiger partial charge on any atom is 0.311 e. The molecule has 0 radical (unpaired) electrons. The summed E-state index contributed by atoms with van der Waals surface area (Å²) in [5.41, 5.74) is 0. The van der Waals surface area contributed by atoms with E-state index >= 15 is 0 Å². The van der Waals surface area contributed by atoms with Gasteiger partial charge in [0.2, 0.25) is 0 Å². The molecule has 0 atom stereocenters. The summed E-state index contributed by atoms with van der Waals surface area (Å²) in [6.07, 6.45) is 0.403. The molecule has 2 heterocycles. The van der Waals surface area contributed by atoms with E-state index in [1.165, 1.54) is 9.40 Å². The first kappa shape index (κ1) is 9.68. The van der Waals surface area contributed by atoms with Gasteiger partial charge in [0.25, 0.3) is 0 Å². The average Bonchev–Trinajstić information content (AvgIpc) is 2.63. The van der Waals surface area contributed by atoms with Gasteiger partial charge in [-0.3, -0.25) is 4.79 Å². The Labute approximate surface area is 90.1 Å². The molecule has 0 bridgehead atoms. The Morgan fingerprint density at radius 3 is 3.07 bits per heavy atom. The number of ether oxygens (including phenoxy) is 1. The van der Waals surface area contributed by atoms with Crippen LogP contribution in [0.2, 0.25) is 0 Å². The van der Waals surface area contributed by atoms with E-state index in [0.29, 0.717) is 13.0 Å². The van der Waals surface area contributed by atoms with Gasteiger partial charge in [0.1, 0.15) is 0 Å². The Balaban J connectivity index is 2.11. The Morgan fingerprint density at radius 2 is 2.36 bits per heavy atom. The van der Waals surface area contributed by atoms with E-state index in [2.05, 4.69) is 17.5 Å². The van der Waals surface area contributed by atoms with Crippen LogP contribution in [0.1, 0.15) is 11.8 Å². The molecular formula is C10H10O2S2. The summed E-state index contributed by atoms with van der Waals surface area (Å²) in [5.74, 6) is -0.138. The highest BCUT2D eigenvalue weighted by Gasteiger charge is 2.08. The van der Waals surface area contributed by atoms with E-state index in [0.717, 1.165) is 4.88 Å². The van der Waals surface area contributed by atoms with Gasteiger partial charge < -0.3 is 4.74 Å². The molecule has 2 nitrogen and oxygen atoms in total. The van der Waals surface area contributed by atoms with Crippen LogP contribution >= 0.6 is 22.7 Å². The van der Waals surface area contributed by atoms with Crippen LogP contribution in [0.4, 0.5) is 0 Å². The number of thiophene rings is 2. The number of hydrogen-bond acceptors (Lipinski definition) is 4. The quantitative estimate of drug-likeness (QED) is 0.752. The minimum absolute atomic E-state index is 0.138. The third-order valence-corrected chi connectivity index (χ3v) is 3.91. The molecule has 0 saturated heterocycles. The molecule has 0 aliphatic rings. The number of fused-ring (bicyclic) bond motifs is 1. The predicted octanol–water partition coefficient (Wildman–Crippen LogP) is 3.07. The molecule has 4 heteroatoms. The summed E-state index contributed by atoms with van der Waals surface area (Å²) in [6.45, 7) is 2.28. The van der Waals surface area contributed by atoms with Crippen molar-refractivity contribution in [3.63, 3.8) is 0 Å². The van der Waals surface area contributed by atoms with Crippen molar-refractivity contribution < 1.29 is 9.53 Å². The van der Waals surface area contributed by atoms with Crippen molar-refractivity contribution in [2.75, 3.05) is 6.61 Å². The fourth-order valence-corrected chi connectivity index (χ4v) is 3.38. The second kappa shape index (κ2) is 4.11. The van der Waals surface area contributed by atoms with Crippen LogP contribution in [-0.4, -0.2) is 12.6 Å². The van der Waals surface area contributed by atoms with Crippen LogP contribution in [0.25, 0.3) is 9.40 Å². The van der Waals surface area contributed by atoms with Crippen molar-refractivity contribution in [1.82, 2.24) is 0 Å².